The zero-order valence-corrected chi connectivity index (χ0v) is 17.6. The van der Waals surface area contributed by atoms with Gasteiger partial charge in [-0.15, -0.1) is 0 Å². The van der Waals surface area contributed by atoms with E-state index in [9.17, 15) is 4.79 Å². The molecule has 2 N–H and O–H groups in total. The zero-order valence-electron chi connectivity index (χ0n) is 16.1. The Bertz CT molecular complexity index is 1090. The average Bonchev–Trinajstić information content (AvgIpc) is 3.16. The van der Waals surface area contributed by atoms with Crippen molar-refractivity contribution >= 4 is 29.1 Å². The van der Waals surface area contributed by atoms with Gasteiger partial charge in [-0.2, -0.15) is 0 Å². The van der Waals surface area contributed by atoms with Crippen LogP contribution < -0.4 is 10.1 Å². The fourth-order valence-corrected chi connectivity index (χ4v) is 3.96. The Balaban J connectivity index is 1.60. The molecular weight excluding hydrogens is 423 g/mol. The summed E-state index contributed by atoms with van der Waals surface area (Å²) in [6.07, 6.45) is 1.49. The summed E-state index contributed by atoms with van der Waals surface area (Å²) in [5, 5.41) is 12.6. The second kappa shape index (κ2) is 9.04. The summed E-state index contributed by atoms with van der Waals surface area (Å²) in [6, 6.07) is 16.4. The minimum Gasteiger partial charge on any atom is -0.483 e. The van der Waals surface area contributed by atoms with Gasteiger partial charge in [0.15, 0.2) is 0 Å². The third kappa shape index (κ3) is 4.43. The number of halogens is 2. The van der Waals surface area contributed by atoms with E-state index in [4.69, 9.17) is 38.0 Å². The van der Waals surface area contributed by atoms with Crippen LogP contribution in [-0.4, -0.2) is 29.1 Å². The number of aromatic nitrogens is 1. The number of amides is 1. The molecule has 0 fully saturated rings. The number of carbonyl (C=O) groups excluding carboxylic acids is 1. The van der Waals surface area contributed by atoms with Gasteiger partial charge in [0.25, 0.3) is 5.91 Å². The van der Waals surface area contributed by atoms with Crippen LogP contribution in [0.15, 0.2) is 54.6 Å². The number of fused-ring (bicyclic) bond motifs is 1. The van der Waals surface area contributed by atoms with Crippen molar-refractivity contribution in [2.24, 2.45) is 0 Å². The number of aryl methyl sites for hydroxylation is 1. The third-order valence-electron chi connectivity index (χ3n) is 4.97. The van der Waals surface area contributed by atoms with E-state index in [1.165, 1.54) is 0 Å². The molecule has 3 aromatic rings. The van der Waals surface area contributed by atoms with Gasteiger partial charge in [0, 0.05) is 22.7 Å². The molecule has 1 amide bonds. The number of benzene rings is 2. The summed E-state index contributed by atoms with van der Waals surface area (Å²) in [6.45, 7) is 0.114. The molecule has 5 nitrogen and oxygen atoms in total. The van der Waals surface area contributed by atoms with E-state index in [0.717, 1.165) is 35.4 Å². The van der Waals surface area contributed by atoms with E-state index in [0.29, 0.717) is 21.4 Å². The maximum absolute atomic E-state index is 12.2. The van der Waals surface area contributed by atoms with E-state index in [1.807, 2.05) is 18.2 Å². The highest BCUT2D eigenvalue weighted by Crippen LogP contribution is 2.38. The molecule has 30 heavy (non-hydrogen) atoms. The third-order valence-corrected chi connectivity index (χ3v) is 5.50. The molecule has 1 aliphatic carbocycles. The summed E-state index contributed by atoms with van der Waals surface area (Å²) < 4.78 is 6.14. The van der Waals surface area contributed by atoms with Crippen LogP contribution in [0.1, 0.15) is 34.1 Å². The van der Waals surface area contributed by atoms with Crippen LogP contribution in [0.25, 0.3) is 11.3 Å². The highest BCUT2D eigenvalue weighted by molar-refractivity contribution is 6.35. The molecule has 0 spiro atoms. The summed E-state index contributed by atoms with van der Waals surface area (Å²) in [5.74, 6) is 0.347. The molecule has 0 aliphatic heterocycles. The normalized spacial score (nSPS) is 15.0. The number of pyridine rings is 1. The van der Waals surface area contributed by atoms with Crippen LogP contribution in [0.4, 0.5) is 0 Å². The number of hydrogen-bond acceptors (Lipinski definition) is 4. The van der Waals surface area contributed by atoms with Gasteiger partial charge in [0.1, 0.15) is 11.9 Å². The second-order valence-electron chi connectivity index (χ2n) is 7.02. The first kappa shape index (κ1) is 20.7. The lowest BCUT2D eigenvalue weighted by atomic mass is 10.1. The Morgan fingerprint density at radius 3 is 2.83 bits per heavy atom. The van der Waals surface area contributed by atoms with Gasteiger partial charge in [-0.3, -0.25) is 4.79 Å². The van der Waals surface area contributed by atoms with Crippen LogP contribution in [0.3, 0.4) is 0 Å². The van der Waals surface area contributed by atoms with Crippen molar-refractivity contribution < 1.29 is 14.6 Å². The molecule has 154 valence electrons. The van der Waals surface area contributed by atoms with Gasteiger partial charge in [-0.25, -0.2) is 4.98 Å². The standard InChI is InChI=1S/C23H20Cl2N2O3/c24-17-6-9-20(18(25)13-17)30-21-8-5-14-4-7-19(27-22(14)21)15-2-1-3-16(12-15)23(29)26-10-11-28/h1-4,6-7,9,12-13,21,28H,5,8,10-11H2,(H,26,29). The summed E-state index contributed by atoms with van der Waals surface area (Å²) in [5.41, 5.74) is 4.15. The van der Waals surface area contributed by atoms with Crippen molar-refractivity contribution in [2.75, 3.05) is 13.2 Å². The molecular formula is C23H20Cl2N2O3. The van der Waals surface area contributed by atoms with Crippen molar-refractivity contribution in [2.45, 2.75) is 18.9 Å². The van der Waals surface area contributed by atoms with Crippen molar-refractivity contribution in [3.05, 3.63) is 81.5 Å². The number of hydrogen-bond donors (Lipinski definition) is 2. The van der Waals surface area contributed by atoms with Gasteiger partial charge < -0.3 is 15.2 Å². The average molecular weight is 443 g/mol. The maximum atomic E-state index is 12.2. The first-order chi connectivity index (χ1) is 14.5. The molecule has 0 saturated heterocycles. The number of carbonyl (C=O) groups is 1. The SMILES string of the molecule is O=C(NCCO)c1cccc(-c2ccc3c(n2)C(Oc2ccc(Cl)cc2Cl)CC3)c1. The second-order valence-corrected chi connectivity index (χ2v) is 7.86. The van der Waals surface area contributed by atoms with Crippen LogP contribution in [0.5, 0.6) is 5.75 Å². The molecule has 0 bridgehead atoms. The quantitative estimate of drug-likeness (QED) is 0.572. The van der Waals surface area contributed by atoms with E-state index in [-0.39, 0.29) is 25.2 Å². The highest BCUT2D eigenvalue weighted by Gasteiger charge is 2.27. The Morgan fingerprint density at radius 1 is 1.17 bits per heavy atom. The Morgan fingerprint density at radius 2 is 2.03 bits per heavy atom. The molecule has 7 heteroatoms. The molecule has 0 radical (unpaired) electrons. The Hall–Kier alpha value is -2.60. The molecule has 2 aromatic carbocycles. The lowest BCUT2D eigenvalue weighted by molar-refractivity contribution is 0.0945. The first-order valence-corrected chi connectivity index (χ1v) is 10.4. The van der Waals surface area contributed by atoms with E-state index >= 15 is 0 Å². The molecule has 4 rings (SSSR count). The van der Waals surface area contributed by atoms with E-state index < -0.39 is 0 Å². The molecule has 1 aliphatic rings. The van der Waals surface area contributed by atoms with Crippen molar-refractivity contribution in [3.63, 3.8) is 0 Å². The van der Waals surface area contributed by atoms with Gasteiger partial charge in [-0.1, -0.05) is 41.4 Å². The molecule has 1 atom stereocenters. The minimum atomic E-state index is -0.231. The van der Waals surface area contributed by atoms with Crippen LogP contribution in [-0.2, 0) is 6.42 Å². The largest absolute Gasteiger partial charge is 0.483 e. The molecule has 1 heterocycles. The van der Waals surface area contributed by atoms with Gasteiger partial charge in [0.05, 0.1) is 23.0 Å². The van der Waals surface area contributed by atoms with Gasteiger partial charge >= 0.3 is 0 Å². The Labute approximate surface area is 184 Å². The molecule has 1 aromatic heterocycles. The van der Waals surface area contributed by atoms with Crippen LogP contribution in [0, 0.1) is 0 Å². The summed E-state index contributed by atoms with van der Waals surface area (Å²) in [7, 11) is 0. The summed E-state index contributed by atoms with van der Waals surface area (Å²) >= 11 is 12.2. The highest BCUT2D eigenvalue weighted by atomic mass is 35.5. The number of rotatable bonds is 6. The molecule has 0 saturated carbocycles. The number of aliphatic hydroxyl groups excluding tert-OH is 1. The topological polar surface area (TPSA) is 71.5 Å². The lowest BCUT2D eigenvalue weighted by Gasteiger charge is -2.16. The fraction of sp³-hybridized carbons (Fsp3) is 0.217. The minimum absolute atomic E-state index is 0.100. The number of nitrogens with one attached hydrogen (secondary N) is 1. The fourth-order valence-electron chi connectivity index (χ4n) is 3.51. The van der Waals surface area contributed by atoms with E-state index in [2.05, 4.69) is 11.4 Å². The number of ether oxygens (including phenoxy) is 1. The summed E-state index contributed by atoms with van der Waals surface area (Å²) in [4.78, 5) is 17.0. The Kier molecular flexibility index (Phi) is 6.23. The van der Waals surface area contributed by atoms with Crippen LogP contribution >= 0.6 is 23.2 Å². The zero-order chi connectivity index (χ0) is 21.1. The maximum Gasteiger partial charge on any atom is 0.251 e. The van der Waals surface area contributed by atoms with Crippen LogP contribution in [0.2, 0.25) is 10.0 Å². The smallest absolute Gasteiger partial charge is 0.251 e. The van der Waals surface area contributed by atoms with Gasteiger partial charge in [0.2, 0.25) is 0 Å². The van der Waals surface area contributed by atoms with Crippen molar-refractivity contribution in [1.29, 1.82) is 0 Å². The molecule has 1 unspecified atom stereocenters. The lowest BCUT2D eigenvalue weighted by Crippen LogP contribution is -2.26. The predicted molar refractivity (Wildman–Crippen MR) is 117 cm³/mol. The van der Waals surface area contributed by atoms with Gasteiger partial charge in [-0.05, 0) is 54.8 Å². The van der Waals surface area contributed by atoms with Crippen molar-refractivity contribution in [3.8, 4) is 17.0 Å². The first-order valence-electron chi connectivity index (χ1n) is 9.66. The monoisotopic (exact) mass is 442 g/mol. The van der Waals surface area contributed by atoms with E-state index in [1.54, 1.807) is 30.3 Å². The predicted octanol–water partition coefficient (Wildman–Crippen LogP) is 4.84. The number of nitrogens with zero attached hydrogens (tertiary/aromatic N) is 1. The van der Waals surface area contributed by atoms with Crippen molar-refractivity contribution in [1.82, 2.24) is 10.3 Å². The number of aliphatic hydroxyl groups is 1.